The third kappa shape index (κ3) is 5.80. The highest BCUT2D eigenvalue weighted by Gasteiger charge is 2.28. The molecule has 1 amide bonds. The number of carbonyl (C=O) groups excluding carboxylic acids is 1. The molecule has 12 heteroatoms. The minimum absolute atomic E-state index is 0.245. The Balaban J connectivity index is 1.45. The predicted octanol–water partition coefficient (Wildman–Crippen LogP) is 5.38. The lowest BCUT2D eigenvalue weighted by atomic mass is 10.0. The number of aliphatic hydroxyl groups is 1. The monoisotopic (exact) mass is 582 g/mol. The Morgan fingerprint density at radius 2 is 1.83 bits per heavy atom. The molecule has 3 N–H and O–H groups in total. The number of morpholine rings is 1. The Hall–Kier alpha value is -4.26. The number of methoxy groups -OCH3 is 2. The quantitative estimate of drug-likeness (QED) is 0.226. The van der Waals surface area contributed by atoms with Gasteiger partial charge in [-0.15, -0.1) is 11.3 Å². The highest BCUT2D eigenvalue weighted by Crippen LogP contribution is 2.40. The molecule has 4 aromatic rings. The van der Waals surface area contributed by atoms with Gasteiger partial charge in [-0.2, -0.15) is 0 Å². The van der Waals surface area contributed by atoms with Crippen LogP contribution in [0, 0.1) is 11.6 Å². The maximum atomic E-state index is 15.0. The van der Waals surface area contributed by atoms with Gasteiger partial charge >= 0.3 is 0 Å². The number of fused-ring (bicyclic) bond motifs is 1. The largest absolute Gasteiger partial charge is 0.494 e. The van der Waals surface area contributed by atoms with Crippen LogP contribution in [0.2, 0.25) is 0 Å². The number of benzene rings is 2. The van der Waals surface area contributed by atoms with Gasteiger partial charge in [0.15, 0.2) is 23.1 Å². The number of amides is 1. The van der Waals surface area contributed by atoms with Gasteiger partial charge in [0.05, 0.1) is 49.1 Å². The van der Waals surface area contributed by atoms with Crippen LogP contribution in [0.4, 0.5) is 31.7 Å². The number of pyridine rings is 1. The van der Waals surface area contributed by atoms with Crippen LogP contribution in [0.1, 0.15) is 16.5 Å². The summed E-state index contributed by atoms with van der Waals surface area (Å²) in [6.45, 7) is 6.26. The number of rotatable bonds is 9. The van der Waals surface area contributed by atoms with E-state index >= 15 is 8.78 Å². The van der Waals surface area contributed by atoms with E-state index in [9.17, 15) is 9.90 Å². The topological polar surface area (TPSA) is 105 Å². The molecule has 214 valence electrons. The summed E-state index contributed by atoms with van der Waals surface area (Å²) in [6.07, 6.45) is 1.18. The molecule has 5 rings (SSSR count). The number of carbonyl (C=O) groups is 1. The van der Waals surface area contributed by atoms with Crippen LogP contribution in [0.3, 0.4) is 0 Å². The van der Waals surface area contributed by atoms with Crippen LogP contribution >= 0.6 is 11.3 Å². The van der Waals surface area contributed by atoms with Crippen LogP contribution in [-0.4, -0.2) is 56.5 Å². The van der Waals surface area contributed by atoms with Gasteiger partial charge in [-0.3, -0.25) is 4.79 Å². The van der Waals surface area contributed by atoms with Gasteiger partial charge in [-0.05, 0) is 41.8 Å². The zero-order valence-electron chi connectivity index (χ0n) is 22.4. The first-order valence-corrected chi connectivity index (χ1v) is 13.5. The second-order valence-corrected chi connectivity index (χ2v) is 10.2. The number of nitrogens with one attached hydrogen (secondary N) is 2. The normalized spacial score (nSPS) is 14.0. The predicted molar refractivity (Wildman–Crippen MR) is 155 cm³/mol. The van der Waals surface area contributed by atoms with Crippen LogP contribution in [0.5, 0.6) is 11.5 Å². The Labute approximate surface area is 239 Å². The van der Waals surface area contributed by atoms with E-state index in [4.69, 9.17) is 14.2 Å². The molecular weight excluding hydrogens is 554 g/mol. The average molecular weight is 583 g/mol. The zero-order chi connectivity index (χ0) is 29.1. The number of hydrogen-bond acceptors (Lipinski definition) is 9. The van der Waals surface area contributed by atoms with Crippen LogP contribution in [0.15, 0.2) is 55.3 Å². The summed E-state index contributed by atoms with van der Waals surface area (Å²) < 4.78 is 46.1. The van der Waals surface area contributed by atoms with E-state index in [1.54, 1.807) is 18.3 Å². The van der Waals surface area contributed by atoms with Crippen molar-refractivity contribution in [2.24, 2.45) is 0 Å². The number of aromatic nitrogens is 1. The van der Waals surface area contributed by atoms with E-state index in [1.165, 1.54) is 20.3 Å². The van der Waals surface area contributed by atoms with Gasteiger partial charge in [0.2, 0.25) is 5.91 Å². The molecule has 1 aliphatic heterocycles. The Kier molecular flexibility index (Phi) is 8.34. The smallest absolute Gasteiger partial charge is 0.247 e. The van der Waals surface area contributed by atoms with Gasteiger partial charge < -0.3 is 34.9 Å². The molecular formula is C29H28F2N4O5S. The minimum atomic E-state index is -1.61. The van der Waals surface area contributed by atoms with E-state index in [0.717, 1.165) is 36.2 Å². The van der Waals surface area contributed by atoms with E-state index in [0.29, 0.717) is 45.4 Å². The first-order chi connectivity index (χ1) is 19.8. The summed E-state index contributed by atoms with van der Waals surface area (Å²) in [5.74, 6) is -2.40. The van der Waals surface area contributed by atoms with Crippen molar-refractivity contribution in [3.05, 3.63) is 77.3 Å². The molecule has 1 saturated heterocycles. The number of anilines is 4. The van der Waals surface area contributed by atoms with Gasteiger partial charge in [-0.25, -0.2) is 13.8 Å². The number of aliphatic hydroxyl groups excluding tert-OH is 1. The number of hydrogen-bond donors (Lipinski definition) is 3. The van der Waals surface area contributed by atoms with Crippen molar-refractivity contribution >= 4 is 50.2 Å². The number of nitrogens with zero attached hydrogens (tertiary/aromatic N) is 2. The second-order valence-electron chi connectivity index (χ2n) is 9.13. The van der Waals surface area contributed by atoms with Gasteiger partial charge in [0.25, 0.3) is 0 Å². The number of thiophene rings is 1. The lowest BCUT2D eigenvalue weighted by molar-refractivity contribution is -0.111. The van der Waals surface area contributed by atoms with Crippen molar-refractivity contribution in [1.29, 1.82) is 0 Å². The number of ether oxygens (including phenoxy) is 3. The molecule has 3 heterocycles. The van der Waals surface area contributed by atoms with Gasteiger partial charge in [0.1, 0.15) is 11.9 Å². The Bertz CT molecular complexity index is 1580. The average Bonchev–Trinajstić information content (AvgIpc) is 3.42. The van der Waals surface area contributed by atoms with E-state index in [1.807, 2.05) is 18.2 Å². The maximum Gasteiger partial charge on any atom is 0.247 e. The molecule has 0 bridgehead atoms. The Morgan fingerprint density at radius 1 is 1.12 bits per heavy atom. The minimum Gasteiger partial charge on any atom is -0.494 e. The molecule has 0 spiro atoms. The van der Waals surface area contributed by atoms with Crippen molar-refractivity contribution in [3.8, 4) is 11.5 Å². The fourth-order valence-electron chi connectivity index (χ4n) is 4.54. The fraction of sp³-hybridized carbons (Fsp3) is 0.241. The summed E-state index contributed by atoms with van der Waals surface area (Å²) in [5, 5.41) is 17.8. The lowest BCUT2D eigenvalue weighted by Crippen LogP contribution is -2.36. The molecule has 0 radical (unpaired) electrons. The maximum absolute atomic E-state index is 15.0. The molecule has 0 saturated carbocycles. The first-order valence-electron chi connectivity index (χ1n) is 12.7. The lowest BCUT2D eigenvalue weighted by Gasteiger charge is -2.29. The first kappa shape index (κ1) is 28.3. The van der Waals surface area contributed by atoms with Crippen molar-refractivity contribution in [2.45, 2.75) is 6.10 Å². The molecule has 2 aromatic heterocycles. The summed E-state index contributed by atoms with van der Waals surface area (Å²) in [7, 11) is 2.49. The van der Waals surface area contributed by atoms with E-state index in [-0.39, 0.29) is 17.4 Å². The molecule has 9 nitrogen and oxygen atoms in total. The second kappa shape index (κ2) is 12.1. The third-order valence-electron chi connectivity index (χ3n) is 6.66. The van der Waals surface area contributed by atoms with Crippen LogP contribution in [-0.2, 0) is 9.53 Å². The van der Waals surface area contributed by atoms with Crippen molar-refractivity contribution in [3.63, 3.8) is 0 Å². The molecule has 1 atom stereocenters. The SMILES string of the molecule is C=CC(=O)Nc1cc(N2CCOCC2)ccc1Nc1cc2cc(C(O)c3c(F)c(OC)cc(OC)c3F)sc2cn1. The van der Waals surface area contributed by atoms with E-state index in [2.05, 4.69) is 27.1 Å². The van der Waals surface area contributed by atoms with Crippen molar-refractivity contribution < 1.29 is 32.9 Å². The summed E-state index contributed by atoms with van der Waals surface area (Å²) in [6, 6.07) is 10.1. The summed E-state index contributed by atoms with van der Waals surface area (Å²) in [4.78, 5) is 19.1. The summed E-state index contributed by atoms with van der Waals surface area (Å²) in [5.41, 5.74) is 1.51. The Morgan fingerprint density at radius 3 is 2.49 bits per heavy atom. The number of halogens is 2. The van der Waals surface area contributed by atoms with Crippen molar-refractivity contribution in [2.75, 3.05) is 56.1 Å². The zero-order valence-corrected chi connectivity index (χ0v) is 23.2. The molecule has 0 aliphatic carbocycles. The third-order valence-corrected chi connectivity index (χ3v) is 7.80. The molecule has 2 aromatic carbocycles. The summed E-state index contributed by atoms with van der Waals surface area (Å²) >= 11 is 1.15. The highest BCUT2D eigenvalue weighted by atomic mass is 32.1. The molecule has 41 heavy (non-hydrogen) atoms. The molecule has 1 fully saturated rings. The van der Waals surface area contributed by atoms with Crippen LogP contribution in [0.25, 0.3) is 10.1 Å². The molecule has 1 aliphatic rings. The van der Waals surface area contributed by atoms with Gasteiger partial charge in [-0.1, -0.05) is 6.58 Å². The highest BCUT2D eigenvalue weighted by molar-refractivity contribution is 7.19. The van der Waals surface area contributed by atoms with Crippen molar-refractivity contribution in [1.82, 2.24) is 4.98 Å². The van der Waals surface area contributed by atoms with Gasteiger partial charge in [0, 0.05) is 35.9 Å². The van der Waals surface area contributed by atoms with E-state index < -0.39 is 23.3 Å². The molecule has 1 unspecified atom stereocenters. The van der Waals surface area contributed by atoms with Crippen LogP contribution < -0.4 is 25.0 Å². The fourth-order valence-corrected chi connectivity index (χ4v) is 5.55. The standard InChI is InChI=1S/C29H28F2N4O5S/c1-4-25(36)34-19-13-17(35-7-9-40-10-8-35)5-6-18(19)33-24-12-16-11-22(41-23(16)15-32-24)29(37)26-27(30)20(38-2)14-21(39-3)28(26)31/h4-6,11-15,29,37H,1,7-10H2,2-3H3,(H,32,33)(H,34,36).